The molecule has 0 saturated carbocycles. The molecule has 0 aliphatic rings. The van der Waals surface area contributed by atoms with E-state index in [9.17, 15) is 4.79 Å². The molecule has 0 N–H and O–H groups in total. The number of hydrogen-bond acceptors (Lipinski definition) is 5. The van der Waals surface area contributed by atoms with Crippen LogP contribution in [0.15, 0.2) is 12.4 Å². The largest absolute Gasteiger partial charge is 0.294 e. The maximum absolute atomic E-state index is 11.0. The van der Waals surface area contributed by atoms with E-state index >= 15 is 0 Å². The Morgan fingerprint density at radius 3 is 2.87 bits per heavy atom. The highest BCUT2D eigenvalue weighted by Gasteiger charge is 2.06. The van der Waals surface area contributed by atoms with Crippen molar-refractivity contribution < 1.29 is 4.79 Å². The van der Waals surface area contributed by atoms with Crippen LogP contribution in [0.25, 0.3) is 0 Å². The number of tetrazole rings is 1. The molecule has 15 heavy (non-hydrogen) atoms. The molecule has 0 spiro atoms. The first-order valence-electron chi connectivity index (χ1n) is 4.41. The Hall–Kier alpha value is -2.05. The molecule has 0 aliphatic heterocycles. The second-order valence-corrected chi connectivity index (χ2v) is 3.20. The first-order valence-corrected chi connectivity index (χ1v) is 4.41. The number of carbonyl (C=O) groups excluding carboxylic acids is 1. The van der Waals surface area contributed by atoms with Gasteiger partial charge in [-0.05, 0) is 17.4 Å². The van der Waals surface area contributed by atoms with Crippen LogP contribution in [0.1, 0.15) is 23.1 Å². The van der Waals surface area contributed by atoms with Crippen LogP contribution in [0.4, 0.5) is 0 Å². The molecule has 7 nitrogen and oxygen atoms in total. The molecular formula is C8H10N6O. The summed E-state index contributed by atoms with van der Waals surface area (Å²) in [4.78, 5) is 11.0. The minimum atomic E-state index is -0.00246. The van der Waals surface area contributed by atoms with E-state index in [2.05, 4.69) is 20.6 Å². The number of ketones is 1. The molecule has 2 rings (SSSR count). The fourth-order valence-corrected chi connectivity index (χ4v) is 1.16. The summed E-state index contributed by atoms with van der Waals surface area (Å²) in [5.41, 5.74) is 0.588. The van der Waals surface area contributed by atoms with Gasteiger partial charge in [-0.3, -0.25) is 9.48 Å². The predicted molar refractivity (Wildman–Crippen MR) is 50.1 cm³/mol. The van der Waals surface area contributed by atoms with Crippen molar-refractivity contribution in [1.82, 2.24) is 30.0 Å². The van der Waals surface area contributed by atoms with Crippen LogP contribution in [0.3, 0.4) is 0 Å². The Labute approximate surface area is 85.7 Å². The Morgan fingerprint density at radius 1 is 1.53 bits per heavy atom. The van der Waals surface area contributed by atoms with Crippen molar-refractivity contribution in [3.05, 3.63) is 23.8 Å². The molecule has 0 bridgehead atoms. The van der Waals surface area contributed by atoms with E-state index in [4.69, 9.17) is 0 Å². The molecule has 0 unspecified atom stereocenters. The molecule has 0 radical (unpaired) electrons. The van der Waals surface area contributed by atoms with Crippen molar-refractivity contribution in [2.75, 3.05) is 0 Å². The van der Waals surface area contributed by atoms with Gasteiger partial charge >= 0.3 is 0 Å². The highest BCUT2D eigenvalue weighted by Crippen LogP contribution is 2.00. The van der Waals surface area contributed by atoms with Crippen LogP contribution in [0, 0.1) is 0 Å². The first-order chi connectivity index (χ1) is 7.16. The van der Waals surface area contributed by atoms with Crippen LogP contribution in [-0.4, -0.2) is 35.8 Å². The molecule has 2 heterocycles. The molecule has 0 aliphatic carbocycles. The van der Waals surface area contributed by atoms with Crippen molar-refractivity contribution in [2.45, 2.75) is 13.5 Å². The summed E-state index contributed by atoms with van der Waals surface area (Å²) >= 11 is 0. The second-order valence-electron chi connectivity index (χ2n) is 3.20. The van der Waals surface area contributed by atoms with E-state index in [-0.39, 0.29) is 5.78 Å². The number of nitrogens with zero attached hydrogens (tertiary/aromatic N) is 6. The molecule has 0 amide bonds. The van der Waals surface area contributed by atoms with Gasteiger partial charge in [-0.15, -0.1) is 5.10 Å². The molecule has 0 fully saturated rings. The molecule has 7 heteroatoms. The third-order valence-electron chi connectivity index (χ3n) is 2.05. The van der Waals surface area contributed by atoms with E-state index in [1.807, 2.05) is 0 Å². The van der Waals surface area contributed by atoms with E-state index in [0.29, 0.717) is 17.9 Å². The van der Waals surface area contributed by atoms with E-state index < -0.39 is 0 Å². The van der Waals surface area contributed by atoms with Gasteiger partial charge in [0, 0.05) is 13.2 Å². The van der Waals surface area contributed by atoms with Gasteiger partial charge in [-0.25, -0.2) is 4.68 Å². The lowest BCUT2D eigenvalue weighted by Gasteiger charge is -1.98. The van der Waals surface area contributed by atoms with Gasteiger partial charge in [0.05, 0.1) is 11.8 Å². The predicted octanol–water partition coefficient (Wildman–Crippen LogP) is -0.343. The zero-order valence-corrected chi connectivity index (χ0v) is 8.45. The number of Topliss-reactive ketones (excluding diaryl/α,β-unsaturated/α-hetero) is 1. The molecule has 0 saturated heterocycles. The van der Waals surface area contributed by atoms with E-state index in [0.717, 1.165) is 0 Å². The Morgan fingerprint density at radius 2 is 2.33 bits per heavy atom. The molecule has 78 valence electrons. The van der Waals surface area contributed by atoms with Crippen molar-refractivity contribution in [2.24, 2.45) is 7.05 Å². The highest BCUT2D eigenvalue weighted by molar-refractivity contribution is 5.93. The summed E-state index contributed by atoms with van der Waals surface area (Å²) in [7, 11) is 1.75. The third-order valence-corrected chi connectivity index (χ3v) is 2.05. The average molecular weight is 206 g/mol. The van der Waals surface area contributed by atoms with Gasteiger partial charge in [0.1, 0.15) is 6.54 Å². The number of rotatable bonds is 3. The lowest BCUT2D eigenvalue weighted by molar-refractivity contribution is 0.101. The summed E-state index contributed by atoms with van der Waals surface area (Å²) in [6.07, 6.45) is 3.21. The van der Waals surface area contributed by atoms with Crippen LogP contribution < -0.4 is 0 Å². The van der Waals surface area contributed by atoms with Gasteiger partial charge < -0.3 is 0 Å². The number of aromatic nitrogens is 6. The van der Waals surface area contributed by atoms with Gasteiger partial charge in [-0.2, -0.15) is 5.10 Å². The van der Waals surface area contributed by atoms with Crippen LogP contribution in [0.2, 0.25) is 0 Å². The van der Waals surface area contributed by atoms with Crippen LogP contribution >= 0.6 is 0 Å². The minimum absolute atomic E-state index is 0.00246. The summed E-state index contributed by atoms with van der Waals surface area (Å²) < 4.78 is 3.19. The number of carbonyl (C=O) groups is 1. The number of aryl methyl sites for hydroxylation is 1. The average Bonchev–Trinajstić information content (AvgIpc) is 2.77. The lowest BCUT2D eigenvalue weighted by Crippen LogP contribution is -2.07. The van der Waals surface area contributed by atoms with Crippen molar-refractivity contribution in [3.8, 4) is 0 Å². The maximum Gasteiger partial charge on any atom is 0.172 e. The summed E-state index contributed by atoms with van der Waals surface area (Å²) in [6, 6.07) is 0. The third kappa shape index (κ3) is 1.90. The van der Waals surface area contributed by atoms with Gasteiger partial charge in [0.25, 0.3) is 0 Å². The molecular weight excluding hydrogens is 196 g/mol. The fraction of sp³-hybridized carbons (Fsp3) is 0.375. The van der Waals surface area contributed by atoms with Crippen molar-refractivity contribution >= 4 is 5.78 Å². The zero-order valence-electron chi connectivity index (χ0n) is 8.45. The smallest absolute Gasteiger partial charge is 0.172 e. The van der Waals surface area contributed by atoms with Crippen LogP contribution in [0.5, 0.6) is 0 Å². The monoisotopic (exact) mass is 206 g/mol. The van der Waals surface area contributed by atoms with Crippen molar-refractivity contribution in [1.29, 1.82) is 0 Å². The first kappa shape index (κ1) is 9.50. The Balaban J connectivity index is 2.18. The second kappa shape index (κ2) is 3.60. The summed E-state index contributed by atoms with van der Waals surface area (Å²) in [6.45, 7) is 1.96. The standard InChI is InChI=1S/C8H10N6O/c1-6(15)7-3-9-14(4-7)5-8-10-11-12-13(8)2/h3-4H,5H2,1-2H3. The van der Waals surface area contributed by atoms with Crippen LogP contribution in [-0.2, 0) is 13.6 Å². The minimum Gasteiger partial charge on any atom is -0.294 e. The normalized spacial score (nSPS) is 10.5. The molecule has 0 atom stereocenters. The quantitative estimate of drug-likeness (QED) is 0.642. The summed E-state index contributed by atoms with van der Waals surface area (Å²) in [5, 5.41) is 15.1. The van der Waals surface area contributed by atoms with Gasteiger partial charge in [0.2, 0.25) is 0 Å². The fourth-order valence-electron chi connectivity index (χ4n) is 1.16. The van der Waals surface area contributed by atoms with E-state index in [1.54, 1.807) is 22.6 Å². The highest BCUT2D eigenvalue weighted by atomic mass is 16.1. The van der Waals surface area contributed by atoms with Crippen molar-refractivity contribution in [3.63, 3.8) is 0 Å². The Kier molecular flexibility index (Phi) is 2.28. The van der Waals surface area contributed by atoms with Gasteiger partial charge in [0.15, 0.2) is 11.6 Å². The zero-order chi connectivity index (χ0) is 10.8. The SMILES string of the molecule is CC(=O)c1cnn(Cc2nnnn2C)c1. The Bertz CT molecular complexity index is 485. The molecule has 0 aromatic carbocycles. The maximum atomic E-state index is 11.0. The van der Waals surface area contributed by atoms with E-state index in [1.165, 1.54) is 13.1 Å². The van der Waals surface area contributed by atoms with Gasteiger partial charge in [-0.1, -0.05) is 0 Å². The molecule has 2 aromatic rings. The summed E-state index contributed by atoms with van der Waals surface area (Å²) in [5.74, 6) is 0.686. The number of hydrogen-bond donors (Lipinski definition) is 0. The lowest BCUT2D eigenvalue weighted by atomic mass is 10.3. The topological polar surface area (TPSA) is 78.5 Å². The molecule has 2 aromatic heterocycles.